The number of aromatic nitrogens is 2. The first-order valence-electron chi connectivity index (χ1n) is 28.3. The van der Waals surface area contributed by atoms with E-state index in [-0.39, 0.29) is 56.8 Å². The summed E-state index contributed by atoms with van der Waals surface area (Å²) in [4.78, 5) is 9.46. The maximum absolute atomic E-state index is 9.14. The Morgan fingerprint density at radius 3 is 1.68 bits per heavy atom. The molecule has 73 heavy (non-hydrogen) atoms. The number of anilines is 4. The number of pyridine rings is 1. The number of hydrogen-bond donors (Lipinski definition) is 0. The van der Waals surface area contributed by atoms with Gasteiger partial charge in [-0.25, -0.2) is 4.98 Å². The van der Waals surface area contributed by atoms with Gasteiger partial charge < -0.3 is 14.5 Å². The van der Waals surface area contributed by atoms with E-state index in [1.807, 2.05) is 36.5 Å². The van der Waals surface area contributed by atoms with Crippen LogP contribution in [0.4, 0.5) is 22.7 Å². The zero-order valence-electron chi connectivity index (χ0n) is 50.6. The molecule has 9 aromatic rings. The highest BCUT2D eigenvalue weighted by atomic mass is 16.5. The number of para-hydroxylation sites is 1. The Morgan fingerprint density at radius 1 is 0.452 bits per heavy atom. The summed E-state index contributed by atoms with van der Waals surface area (Å²) in [6.45, 7) is 34.1. The van der Waals surface area contributed by atoms with Crippen LogP contribution in [0, 0.1) is 0 Å². The summed E-state index contributed by atoms with van der Waals surface area (Å²) >= 11 is 0. The highest BCUT2D eigenvalue weighted by Gasteiger charge is 2.33. The van der Waals surface area contributed by atoms with E-state index < -0.39 is 6.04 Å². The number of fused-ring (bicyclic) bond motifs is 4. The monoisotopic (exact) mass is 968 g/mol. The SMILES string of the molecule is [2H]c1c([2H])c([2H])c(-c2cccc3c2N(c2cc(C(C)(C)C)cc(C(C)(C)C)c2)CN3c2cccc(Oc3ccc4c5cc(-c6cc(C(C)(C)C)cc(C(C)(C)C)c6)ccc5n(-c5cc(C(C)(C)C)ccn5)c4c3)c2)c([2H])c1[2H]. The Labute approximate surface area is 442 Å². The standard InChI is InChI=1S/C68H74N4O/c1-64(2,3)47-31-32-69-62(40-47)72-59-30-27-45(46-33-48(65(4,5)6)36-49(34-46)66(7,8)9)35-58(59)57-29-28-55(42-61(57)72)73-54-24-19-23-52(41-54)70-43-71(53-38-50(67(10,11)12)37-51(39-53)68(13,14)15)63-56(25-20-26-60(63)70)44-21-17-16-18-22-44/h16-42H,43H2,1-15H3/i16D,17D,18D,21D,22D. The van der Waals surface area contributed by atoms with Gasteiger partial charge in [0, 0.05) is 46.0 Å². The van der Waals surface area contributed by atoms with Crippen molar-refractivity contribution >= 4 is 44.6 Å². The van der Waals surface area contributed by atoms with E-state index in [0.29, 0.717) is 23.7 Å². The predicted octanol–water partition coefficient (Wildman–Crippen LogP) is 19.0. The summed E-state index contributed by atoms with van der Waals surface area (Å²) in [5, 5.41) is 2.22. The van der Waals surface area contributed by atoms with Crippen molar-refractivity contribution in [2.45, 2.75) is 131 Å². The normalized spacial score (nSPS) is 14.5. The molecular weight excluding hydrogens is 889 g/mol. The fraction of sp³-hybridized carbons (Fsp3) is 0.309. The van der Waals surface area contributed by atoms with Crippen molar-refractivity contribution in [3.8, 4) is 39.6 Å². The molecule has 1 aliphatic heterocycles. The largest absolute Gasteiger partial charge is 0.457 e. The first-order valence-corrected chi connectivity index (χ1v) is 25.8. The van der Waals surface area contributed by atoms with Gasteiger partial charge >= 0.3 is 0 Å². The second-order valence-electron chi connectivity index (χ2n) is 25.2. The van der Waals surface area contributed by atoms with Gasteiger partial charge in [-0.2, -0.15) is 0 Å². The molecule has 0 bridgehead atoms. The molecule has 372 valence electrons. The van der Waals surface area contributed by atoms with Crippen molar-refractivity contribution in [1.29, 1.82) is 0 Å². The van der Waals surface area contributed by atoms with Gasteiger partial charge in [0.2, 0.25) is 0 Å². The van der Waals surface area contributed by atoms with Crippen molar-refractivity contribution in [1.82, 2.24) is 9.55 Å². The molecule has 0 spiro atoms. The molecule has 2 aromatic heterocycles. The predicted molar refractivity (Wildman–Crippen MR) is 311 cm³/mol. The van der Waals surface area contributed by atoms with Crippen molar-refractivity contribution < 1.29 is 11.6 Å². The molecule has 0 fully saturated rings. The number of rotatable bonds is 7. The highest BCUT2D eigenvalue weighted by molar-refractivity contribution is 6.11. The van der Waals surface area contributed by atoms with Crippen molar-refractivity contribution in [2.24, 2.45) is 0 Å². The summed E-state index contributed by atoms with van der Waals surface area (Å²) < 4.78 is 53.2. The van der Waals surface area contributed by atoms with Crippen LogP contribution in [0.3, 0.4) is 0 Å². The van der Waals surface area contributed by atoms with E-state index in [2.05, 4.69) is 215 Å². The Bertz CT molecular complexity index is 3760. The lowest BCUT2D eigenvalue weighted by Gasteiger charge is -2.30. The minimum absolute atomic E-state index is 0.0226. The van der Waals surface area contributed by atoms with Gasteiger partial charge in [0.05, 0.1) is 29.3 Å². The Morgan fingerprint density at radius 2 is 1.05 bits per heavy atom. The summed E-state index contributed by atoms with van der Waals surface area (Å²) in [6, 6.07) is 43.6. The average Bonchev–Trinajstić information content (AvgIpc) is 4.12. The van der Waals surface area contributed by atoms with Crippen LogP contribution in [0.1, 0.15) is 139 Å². The molecule has 0 saturated carbocycles. The first kappa shape index (κ1) is 43.5. The number of hydrogen-bond acceptors (Lipinski definition) is 4. The van der Waals surface area contributed by atoms with Crippen LogP contribution in [0.25, 0.3) is 49.9 Å². The second-order valence-corrected chi connectivity index (χ2v) is 25.2. The maximum Gasteiger partial charge on any atom is 0.137 e. The molecule has 5 nitrogen and oxygen atoms in total. The van der Waals surface area contributed by atoms with Crippen LogP contribution in [0.2, 0.25) is 0 Å². The smallest absolute Gasteiger partial charge is 0.137 e. The topological polar surface area (TPSA) is 33.5 Å². The van der Waals surface area contributed by atoms with Crippen molar-refractivity contribution in [3.05, 3.63) is 192 Å². The molecule has 0 atom stereocenters. The zero-order chi connectivity index (χ0) is 56.3. The maximum atomic E-state index is 9.14. The lowest BCUT2D eigenvalue weighted by molar-refractivity contribution is 0.483. The van der Waals surface area contributed by atoms with E-state index in [0.717, 1.165) is 55.9 Å². The van der Waals surface area contributed by atoms with E-state index in [1.54, 1.807) is 0 Å². The molecule has 0 N–H and O–H groups in total. The molecule has 0 aliphatic carbocycles. The second kappa shape index (κ2) is 17.8. The highest BCUT2D eigenvalue weighted by Crippen LogP contribution is 2.51. The van der Waals surface area contributed by atoms with Crippen LogP contribution < -0.4 is 14.5 Å². The van der Waals surface area contributed by atoms with Gasteiger partial charge in [-0.05, 0) is 138 Å². The summed E-state index contributed by atoms with van der Waals surface area (Å²) in [6.07, 6.45) is 1.91. The molecule has 7 aromatic carbocycles. The summed E-state index contributed by atoms with van der Waals surface area (Å²) in [7, 11) is 0. The fourth-order valence-corrected chi connectivity index (χ4v) is 9.98. The van der Waals surface area contributed by atoms with E-state index in [9.17, 15) is 0 Å². The Kier molecular flexibility index (Phi) is 10.6. The average molecular weight is 968 g/mol. The lowest BCUT2D eigenvalue weighted by Crippen LogP contribution is -2.25. The molecule has 3 heterocycles. The number of benzene rings is 7. The van der Waals surface area contributed by atoms with E-state index in [1.165, 1.54) is 33.4 Å². The van der Waals surface area contributed by atoms with Crippen LogP contribution in [0.5, 0.6) is 11.5 Å². The van der Waals surface area contributed by atoms with Gasteiger partial charge in [-0.15, -0.1) is 0 Å². The summed E-state index contributed by atoms with van der Waals surface area (Å²) in [5.74, 6) is 2.15. The minimum Gasteiger partial charge on any atom is -0.457 e. The van der Waals surface area contributed by atoms with E-state index >= 15 is 0 Å². The van der Waals surface area contributed by atoms with Gasteiger partial charge in [0.15, 0.2) is 0 Å². The van der Waals surface area contributed by atoms with Gasteiger partial charge in [-0.1, -0.05) is 183 Å². The zero-order valence-corrected chi connectivity index (χ0v) is 45.6. The van der Waals surface area contributed by atoms with Crippen molar-refractivity contribution in [2.75, 3.05) is 16.5 Å². The van der Waals surface area contributed by atoms with Crippen LogP contribution in [0.15, 0.2) is 164 Å². The fourth-order valence-electron chi connectivity index (χ4n) is 9.98. The third kappa shape index (κ3) is 9.67. The molecule has 5 heteroatoms. The van der Waals surface area contributed by atoms with Gasteiger partial charge in [-0.3, -0.25) is 4.57 Å². The quantitative estimate of drug-likeness (QED) is 0.159. The van der Waals surface area contributed by atoms with Crippen LogP contribution >= 0.6 is 0 Å². The molecule has 0 radical (unpaired) electrons. The molecule has 0 saturated heterocycles. The Hall–Kier alpha value is -7.11. The molecular formula is C68H74N4O. The van der Waals surface area contributed by atoms with E-state index in [4.69, 9.17) is 16.6 Å². The van der Waals surface area contributed by atoms with Crippen LogP contribution in [-0.2, 0) is 27.1 Å². The van der Waals surface area contributed by atoms with Gasteiger partial charge in [0.25, 0.3) is 0 Å². The van der Waals surface area contributed by atoms with Crippen molar-refractivity contribution in [3.63, 3.8) is 0 Å². The van der Waals surface area contributed by atoms with Gasteiger partial charge in [0.1, 0.15) is 24.0 Å². The number of ether oxygens (including phenoxy) is 1. The first-order chi connectivity index (χ1) is 36.4. The number of nitrogens with zero attached hydrogens (tertiary/aromatic N) is 4. The third-order valence-electron chi connectivity index (χ3n) is 14.5. The summed E-state index contributed by atoms with van der Waals surface area (Å²) in [5.41, 5.74) is 14.2. The molecule has 10 rings (SSSR count). The minimum atomic E-state index is -0.419. The molecule has 1 aliphatic rings. The lowest BCUT2D eigenvalue weighted by atomic mass is 9.79. The van der Waals surface area contributed by atoms with Crippen LogP contribution in [-0.4, -0.2) is 16.2 Å². The Balaban J connectivity index is 1.10. The third-order valence-corrected chi connectivity index (χ3v) is 14.5. The molecule has 0 unspecified atom stereocenters. The molecule has 0 amide bonds.